The van der Waals surface area contributed by atoms with Gasteiger partial charge in [0.1, 0.15) is 4.88 Å². The molecular weight excluding hydrogens is 236 g/mol. The number of nitrogens with zero attached hydrogens (tertiary/aromatic N) is 1. The summed E-state index contributed by atoms with van der Waals surface area (Å²) in [6.07, 6.45) is 3.42. The van der Waals surface area contributed by atoms with E-state index in [1.54, 1.807) is 12.4 Å². The summed E-state index contributed by atoms with van der Waals surface area (Å²) in [7, 11) is 1.35. The van der Waals surface area contributed by atoms with Crippen molar-refractivity contribution in [3.8, 4) is 10.4 Å². The molecule has 4 nitrogen and oxygen atoms in total. The Morgan fingerprint density at radius 3 is 2.65 bits per heavy atom. The minimum Gasteiger partial charge on any atom is -0.465 e. The Morgan fingerprint density at radius 2 is 2.06 bits per heavy atom. The summed E-state index contributed by atoms with van der Waals surface area (Å²) in [5.41, 5.74) is 8.31. The van der Waals surface area contributed by atoms with Gasteiger partial charge in [-0.1, -0.05) is 0 Å². The van der Waals surface area contributed by atoms with Gasteiger partial charge < -0.3 is 10.5 Å². The SMILES string of the molecule is COC(=O)c1sc(-c2ccncc2)c(C)c1N. The zero-order valence-electron chi connectivity index (χ0n) is 9.56. The van der Waals surface area contributed by atoms with Crippen LogP contribution in [0.4, 0.5) is 5.69 Å². The van der Waals surface area contributed by atoms with Gasteiger partial charge in [-0.05, 0) is 30.2 Å². The number of pyridine rings is 1. The topological polar surface area (TPSA) is 65.2 Å². The molecule has 0 amide bonds. The highest BCUT2D eigenvalue weighted by Gasteiger charge is 2.19. The molecule has 0 aliphatic rings. The fourth-order valence-electron chi connectivity index (χ4n) is 1.55. The second-order valence-electron chi connectivity index (χ2n) is 3.53. The predicted octanol–water partition coefficient (Wildman–Crippen LogP) is 2.49. The molecule has 2 aromatic rings. The first kappa shape index (κ1) is 11.6. The first-order valence-corrected chi connectivity index (χ1v) is 5.84. The first-order chi connectivity index (χ1) is 8.15. The van der Waals surface area contributed by atoms with Crippen LogP contribution in [0.15, 0.2) is 24.5 Å². The number of hydrogen-bond donors (Lipinski definition) is 1. The standard InChI is InChI=1S/C12H12N2O2S/c1-7-9(13)11(12(15)16-2)17-10(7)8-3-5-14-6-4-8/h3-6H,13H2,1-2H3. The van der Waals surface area contributed by atoms with Crippen molar-refractivity contribution in [2.24, 2.45) is 0 Å². The van der Waals surface area contributed by atoms with E-state index in [1.807, 2.05) is 19.1 Å². The average Bonchev–Trinajstić information content (AvgIpc) is 2.67. The van der Waals surface area contributed by atoms with E-state index in [-0.39, 0.29) is 0 Å². The number of aromatic nitrogens is 1. The summed E-state index contributed by atoms with van der Waals surface area (Å²) in [5, 5.41) is 0. The Kier molecular flexibility index (Phi) is 3.10. The van der Waals surface area contributed by atoms with Crippen molar-refractivity contribution in [1.29, 1.82) is 0 Å². The summed E-state index contributed by atoms with van der Waals surface area (Å²) in [6.45, 7) is 1.90. The molecule has 0 aliphatic carbocycles. The largest absolute Gasteiger partial charge is 0.465 e. The van der Waals surface area contributed by atoms with E-state index in [0.29, 0.717) is 10.6 Å². The van der Waals surface area contributed by atoms with Gasteiger partial charge in [0.2, 0.25) is 0 Å². The Bertz CT molecular complexity index is 549. The predicted molar refractivity (Wildman–Crippen MR) is 68.0 cm³/mol. The molecule has 2 rings (SSSR count). The smallest absolute Gasteiger partial charge is 0.350 e. The van der Waals surface area contributed by atoms with Gasteiger partial charge in [0.15, 0.2) is 0 Å². The molecule has 2 heterocycles. The summed E-state index contributed by atoms with van der Waals surface area (Å²) < 4.78 is 4.70. The number of thiophene rings is 1. The van der Waals surface area contributed by atoms with Crippen LogP contribution >= 0.6 is 11.3 Å². The van der Waals surface area contributed by atoms with Gasteiger partial charge in [-0.3, -0.25) is 4.98 Å². The quantitative estimate of drug-likeness (QED) is 0.829. The lowest BCUT2D eigenvalue weighted by molar-refractivity contribution is 0.0607. The minimum absolute atomic E-state index is 0.393. The van der Waals surface area contributed by atoms with Crippen molar-refractivity contribution in [1.82, 2.24) is 4.98 Å². The minimum atomic E-state index is -0.393. The molecule has 0 atom stereocenters. The maximum absolute atomic E-state index is 11.5. The Labute approximate surface area is 103 Å². The van der Waals surface area contributed by atoms with Crippen LogP contribution in [0.25, 0.3) is 10.4 Å². The second kappa shape index (κ2) is 4.55. The zero-order valence-corrected chi connectivity index (χ0v) is 10.4. The van der Waals surface area contributed by atoms with Crippen molar-refractivity contribution in [3.63, 3.8) is 0 Å². The van der Waals surface area contributed by atoms with Gasteiger partial charge in [-0.15, -0.1) is 11.3 Å². The molecule has 0 radical (unpaired) electrons. The maximum atomic E-state index is 11.5. The van der Waals surface area contributed by atoms with Crippen molar-refractivity contribution in [3.05, 3.63) is 35.0 Å². The summed E-state index contributed by atoms with van der Waals surface area (Å²) in [6, 6.07) is 3.78. The van der Waals surface area contributed by atoms with Crippen molar-refractivity contribution >= 4 is 23.0 Å². The highest BCUT2D eigenvalue weighted by molar-refractivity contribution is 7.18. The van der Waals surface area contributed by atoms with Gasteiger partial charge >= 0.3 is 5.97 Å². The number of nitrogen functional groups attached to an aromatic ring is 1. The Balaban J connectivity index is 2.54. The molecule has 0 bridgehead atoms. The molecule has 17 heavy (non-hydrogen) atoms. The van der Waals surface area contributed by atoms with Crippen LogP contribution in [0.3, 0.4) is 0 Å². The molecule has 5 heteroatoms. The van der Waals surface area contributed by atoms with E-state index < -0.39 is 5.97 Å². The lowest BCUT2D eigenvalue weighted by Crippen LogP contribution is -2.01. The van der Waals surface area contributed by atoms with E-state index in [2.05, 4.69) is 4.98 Å². The normalized spacial score (nSPS) is 10.2. The number of anilines is 1. The van der Waals surface area contributed by atoms with Crippen molar-refractivity contribution in [2.75, 3.05) is 12.8 Å². The lowest BCUT2D eigenvalue weighted by atomic mass is 10.1. The van der Waals surface area contributed by atoms with Crippen LogP contribution in [-0.4, -0.2) is 18.1 Å². The third-order valence-electron chi connectivity index (χ3n) is 2.51. The van der Waals surface area contributed by atoms with Crippen LogP contribution < -0.4 is 5.73 Å². The van der Waals surface area contributed by atoms with Crippen LogP contribution in [-0.2, 0) is 4.74 Å². The number of hydrogen-bond acceptors (Lipinski definition) is 5. The molecule has 2 N–H and O–H groups in total. The van der Waals surface area contributed by atoms with E-state index in [9.17, 15) is 4.79 Å². The number of carbonyl (C=O) groups is 1. The maximum Gasteiger partial charge on any atom is 0.350 e. The fraction of sp³-hybridized carbons (Fsp3) is 0.167. The van der Waals surface area contributed by atoms with Crippen LogP contribution in [0.1, 0.15) is 15.2 Å². The molecule has 0 aliphatic heterocycles. The number of rotatable bonds is 2. The van der Waals surface area contributed by atoms with Gasteiger partial charge in [0, 0.05) is 17.3 Å². The number of nitrogens with two attached hydrogens (primary N) is 1. The lowest BCUT2D eigenvalue weighted by Gasteiger charge is -1.98. The summed E-state index contributed by atoms with van der Waals surface area (Å²) in [4.78, 5) is 16.9. The van der Waals surface area contributed by atoms with Crippen LogP contribution in [0.5, 0.6) is 0 Å². The van der Waals surface area contributed by atoms with E-state index >= 15 is 0 Å². The molecule has 0 spiro atoms. The molecule has 0 aromatic carbocycles. The molecule has 0 unspecified atom stereocenters. The Morgan fingerprint density at radius 1 is 1.41 bits per heavy atom. The highest BCUT2D eigenvalue weighted by atomic mass is 32.1. The molecule has 2 aromatic heterocycles. The molecule has 0 fully saturated rings. The monoisotopic (exact) mass is 248 g/mol. The van der Waals surface area contributed by atoms with Gasteiger partial charge in [-0.2, -0.15) is 0 Å². The number of carbonyl (C=O) groups excluding carboxylic acids is 1. The van der Waals surface area contributed by atoms with E-state index in [4.69, 9.17) is 10.5 Å². The van der Waals surface area contributed by atoms with Crippen molar-refractivity contribution in [2.45, 2.75) is 6.92 Å². The van der Waals surface area contributed by atoms with Crippen LogP contribution in [0.2, 0.25) is 0 Å². The van der Waals surface area contributed by atoms with Gasteiger partial charge in [-0.25, -0.2) is 4.79 Å². The number of ether oxygens (including phenoxy) is 1. The third-order valence-corrected chi connectivity index (χ3v) is 3.84. The zero-order chi connectivity index (χ0) is 12.4. The summed E-state index contributed by atoms with van der Waals surface area (Å²) in [5.74, 6) is -0.393. The van der Waals surface area contributed by atoms with Crippen LogP contribution in [0, 0.1) is 6.92 Å². The number of methoxy groups -OCH3 is 1. The molecule has 0 saturated carbocycles. The van der Waals surface area contributed by atoms with Crippen molar-refractivity contribution < 1.29 is 9.53 Å². The summed E-state index contributed by atoms with van der Waals surface area (Å²) >= 11 is 1.34. The van der Waals surface area contributed by atoms with Gasteiger partial charge in [0.05, 0.1) is 12.8 Å². The first-order valence-electron chi connectivity index (χ1n) is 5.02. The van der Waals surface area contributed by atoms with Gasteiger partial charge in [0.25, 0.3) is 0 Å². The Hall–Kier alpha value is -1.88. The van der Waals surface area contributed by atoms with E-state index in [1.165, 1.54) is 18.4 Å². The molecular formula is C12H12N2O2S. The third kappa shape index (κ3) is 2.01. The molecule has 0 saturated heterocycles. The molecule has 88 valence electrons. The second-order valence-corrected chi connectivity index (χ2v) is 4.55. The average molecular weight is 248 g/mol. The fourth-order valence-corrected chi connectivity index (χ4v) is 2.70. The van der Waals surface area contributed by atoms with E-state index in [0.717, 1.165) is 16.0 Å². The highest BCUT2D eigenvalue weighted by Crippen LogP contribution is 2.38. The number of esters is 1.